The first kappa shape index (κ1) is 23.8. The van der Waals surface area contributed by atoms with Crippen LogP contribution < -0.4 is 4.74 Å². The molecular weight excluding hydrogens is 447 g/mol. The number of alkyl halides is 3. The molecule has 172 valence electrons. The van der Waals surface area contributed by atoms with E-state index in [9.17, 15) is 18.0 Å². The second-order valence-electron chi connectivity index (χ2n) is 7.26. The number of halogens is 4. The van der Waals surface area contributed by atoms with Crippen LogP contribution in [-0.4, -0.2) is 33.7 Å². The van der Waals surface area contributed by atoms with Crippen LogP contribution in [-0.2, 0) is 22.3 Å². The second-order valence-corrected chi connectivity index (χ2v) is 7.67. The maximum Gasteiger partial charge on any atom is 0.417 e. The van der Waals surface area contributed by atoms with Crippen LogP contribution in [0.1, 0.15) is 42.4 Å². The predicted molar refractivity (Wildman–Crippen MR) is 114 cm³/mol. The highest BCUT2D eigenvalue weighted by Crippen LogP contribution is 2.32. The van der Waals surface area contributed by atoms with Gasteiger partial charge in [-0.15, -0.1) is 0 Å². The van der Waals surface area contributed by atoms with Crippen molar-refractivity contribution >= 4 is 28.6 Å². The molecule has 10 heteroatoms. The molecule has 3 aromatic rings. The zero-order valence-electron chi connectivity index (χ0n) is 17.9. The Morgan fingerprint density at radius 3 is 2.62 bits per heavy atom. The number of carbonyl (C=O) groups is 1. The second kappa shape index (κ2) is 9.77. The van der Waals surface area contributed by atoms with Gasteiger partial charge in [-0.3, -0.25) is 9.78 Å². The Hall–Kier alpha value is -2.81. The van der Waals surface area contributed by atoms with E-state index in [2.05, 4.69) is 9.97 Å². The van der Waals surface area contributed by atoms with Crippen LogP contribution in [0.4, 0.5) is 13.2 Å². The molecule has 0 atom stereocenters. The van der Waals surface area contributed by atoms with E-state index in [4.69, 9.17) is 21.1 Å². The third-order valence-corrected chi connectivity index (χ3v) is 5.19. The number of ether oxygens (including phenoxy) is 2. The summed E-state index contributed by atoms with van der Waals surface area (Å²) in [7, 11) is 0. The molecule has 0 amide bonds. The SMILES string of the molecule is CCOC(=O)CCCOc1cc(C)c2nc(C)n(Cc3ncc(C(F)(F)F)cc3Cl)c2c1. The monoisotopic (exact) mass is 469 g/mol. The minimum atomic E-state index is -4.51. The van der Waals surface area contributed by atoms with Gasteiger partial charge in [0.2, 0.25) is 0 Å². The fraction of sp³-hybridized carbons (Fsp3) is 0.409. The number of imidazole rings is 1. The van der Waals surface area contributed by atoms with Crippen molar-refractivity contribution in [3.63, 3.8) is 0 Å². The van der Waals surface area contributed by atoms with Gasteiger partial charge < -0.3 is 14.0 Å². The number of carbonyl (C=O) groups excluding carboxylic acids is 1. The van der Waals surface area contributed by atoms with Crippen LogP contribution in [0, 0.1) is 13.8 Å². The molecule has 0 aliphatic carbocycles. The van der Waals surface area contributed by atoms with Crippen LogP contribution in [0.5, 0.6) is 5.75 Å². The summed E-state index contributed by atoms with van der Waals surface area (Å²) in [5.41, 5.74) is 1.80. The van der Waals surface area contributed by atoms with Crippen molar-refractivity contribution in [3.8, 4) is 5.75 Å². The minimum absolute atomic E-state index is 0.0656. The molecule has 0 N–H and O–H groups in total. The summed E-state index contributed by atoms with van der Waals surface area (Å²) in [5.74, 6) is 1.00. The summed E-state index contributed by atoms with van der Waals surface area (Å²) in [4.78, 5) is 19.9. The quantitative estimate of drug-likeness (QED) is 0.322. The standard InChI is InChI=1S/C22H23ClF3N3O3/c1-4-31-20(30)6-5-7-32-16-8-13(2)21-19(10-16)29(14(3)28-21)12-18-17(23)9-15(11-27-18)22(24,25)26/h8-11H,4-7,12H2,1-3H3. The Balaban J connectivity index is 1.82. The molecule has 0 saturated heterocycles. The Labute approximate surface area is 188 Å². The number of nitrogens with zero attached hydrogens (tertiary/aromatic N) is 3. The third kappa shape index (κ3) is 5.51. The Morgan fingerprint density at radius 2 is 1.97 bits per heavy atom. The number of aryl methyl sites for hydroxylation is 2. The molecule has 2 aromatic heterocycles. The van der Waals surface area contributed by atoms with E-state index in [1.807, 2.05) is 23.6 Å². The molecule has 2 heterocycles. The number of aromatic nitrogens is 3. The average molecular weight is 470 g/mol. The summed E-state index contributed by atoms with van der Waals surface area (Å²) in [6, 6.07) is 4.54. The van der Waals surface area contributed by atoms with E-state index in [0.717, 1.165) is 28.9 Å². The zero-order chi connectivity index (χ0) is 23.5. The number of fused-ring (bicyclic) bond motifs is 1. The van der Waals surface area contributed by atoms with E-state index in [-0.39, 0.29) is 24.0 Å². The Bertz CT molecular complexity index is 1130. The lowest BCUT2D eigenvalue weighted by atomic mass is 10.2. The average Bonchev–Trinajstić information content (AvgIpc) is 3.02. The van der Waals surface area contributed by atoms with Crippen LogP contribution in [0.25, 0.3) is 11.0 Å². The lowest BCUT2D eigenvalue weighted by molar-refractivity contribution is -0.143. The molecule has 0 bridgehead atoms. The van der Waals surface area contributed by atoms with Crippen molar-refractivity contribution in [2.45, 2.75) is 46.3 Å². The van der Waals surface area contributed by atoms with Gasteiger partial charge in [-0.05, 0) is 44.9 Å². The first-order valence-corrected chi connectivity index (χ1v) is 10.5. The van der Waals surface area contributed by atoms with Gasteiger partial charge in [-0.2, -0.15) is 13.2 Å². The van der Waals surface area contributed by atoms with Crippen molar-refractivity contribution in [1.82, 2.24) is 14.5 Å². The Kier molecular flexibility index (Phi) is 7.28. The van der Waals surface area contributed by atoms with Gasteiger partial charge in [-0.1, -0.05) is 11.6 Å². The third-order valence-electron chi connectivity index (χ3n) is 4.86. The van der Waals surface area contributed by atoms with Gasteiger partial charge in [0.05, 0.1) is 47.1 Å². The topological polar surface area (TPSA) is 66.2 Å². The largest absolute Gasteiger partial charge is 0.493 e. The van der Waals surface area contributed by atoms with Gasteiger partial charge in [0, 0.05) is 18.7 Å². The fourth-order valence-electron chi connectivity index (χ4n) is 3.29. The minimum Gasteiger partial charge on any atom is -0.493 e. The predicted octanol–water partition coefficient (Wildman–Crippen LogP) is 5.49. The molecule has 0 unspecified atom stereocenters. The lowest BCUT2D eigenvalue weighted by Gasteiger charge is -2.12. The van der Waals surface area contributed by atoms with Gasteiger partial charge in [-0.25, -0.2) is 4.98 Å². The van der Waals surface area contributed by atoms with Crippen LogP contribution in [0.2, 0.25) is 5.02 Å². The highest BCUT2D eigenvalue weighted by atomic mass is 35.5. The van der Waals surface area contributed by atoms with E-state index in [0.29, 0.717) is 36.9 Å². The molecule has 0 aliphatic heterocycles. The number of esters is 1. The smallest absolute Gasteiger partial charge is 0.417 e. The lowest BCUT2D eigenvalue weighted by Crippen LogP contribution is -2.09. The van der Waals surface area contributed by atoms with Crippen LogP contribution in [0.15, 0.2) is 24.4 Å². The van der Waals surface area contributed by atoms with Gasteiger partial charge in [0.25, 0.3) is 0 Å². The fourth-order valence-corrected chi connectivity index (χ4v) is 3.51. The number of pyridine rings is 1. The number of benzene rings is 1. The summed E-state index contributed by atoms with van der Waals surface area (Å²) in [5, 5.41) is -0.0656. The van der Waals surface area contributed by atoms with Crippen molar-refractivity contribution in [3.05, 3.63) is 52.1 Å². The maximum absolute atomic E-state index is 12.9. The van der Waals surface area contributed by atoms with Crippen molar-refractivity contribution in [1.29, 1.82) is 0 Å². The van der Waals surface area contributed by atoms with Gasteiger partial charge in [0.1, 0.15) is 11.6 Å². The summed E-state index contributed by atoms with van der Waals surface area (Å²) in [6.07, 6.45) is -2.95. The number of hydrogen-bond acceptors (Lipinski definition) is 5. The molecular formula is C22H23ClF3N3O3. The molecule has 0 spiro atoms. The molecule has 6 nitrogen and oxygen atoms in total. The Morgan fingerprint density at radius 1 is 1.22 bits per heavy atom. The summed E-state index contributed by atoms with van der Waals surface area (Å²) < 4.78 is 51.2. The van der Waals surface area contributed by atoms with E-state index in [1.54, 1.807) is 13.8 Å². The van der Waals surface area contributed by atoms with Crippen molar-refractivity contribution < 1.29 is 27.4 Å². The number of rotatable bonds is 8. The maximum atomic E-state index is 12.9. The molecule has 0 saturated carbocycles. The normalized spacial score (nSPS) is 11.7. The summed E-state index contributed by atoms with van der Waals surface area (Å²) in [6.45, 7) is 6.29. The summed E-state index contributed by atoms with van der Waals surface area (Å²) >= 11 is 6.09. The zero-order valence-corrected chi connectivity index (χ0v) is 18.7. The van der Waals surface area contributed by atoms with E-state index >= 15 is 0 Å². The van der Waals surface area contributed by atoms with Crippen LogP contribution >= 0.6 is 11.6 Å². The first-order valence-electron chi connectivity index (χ1n) is 10.1. The molecule has 0 radical (unpaired) electrons. The van der Waals surface area contributed by atoms with Crippen LogP contribution in [0.3, 0.4) is 0 Å². The molecule has 3 rings (SSSR count). The molecule has 1 aromatic carbocycles. The number of hydrogen-bond donors (Lipinski definition) is 0. The van der Waals surface area contributed by atoms with Crippen molar-refractivity contribution in [2.75, 3.05) is 13.2 Å². The molecule has 32 heavy (non-hydrogen) atoms. The highest BCUT2D eigenvalue weighted by Gasteiger charge is 2.31. The van der Waals surface area contributed by atoms with E-state index in [1.165, 1.54) is 0 Å². The molecule has 0 fully saturated rings. The highest BCUT2D eigenvalue weighted by molar-refractivity contribution is 6.31. The van der Waals surface area contributed by atoms with Crippen molar-refractivity contribution in [2.24, 2.45) is 0 Å². The first-order chi connectivity index (χ1) is 15.1. The van der Waals surface area contributed by atoms with E-state index < -0.39 is 11.7 Å². The van der Waals surface area contributed by atoms with Gasteiger partial charge >= 0.3 is 12.1 Å². The van der Waals surface area contributed by atoms with Gasteiger partial charge in [0.15, 0.2) is 0 Å². The molecule has 0 aliphatic rings.